The highest BCUT2D eigenvalue weighted by Crippen LogP contribution is 2.24. The van der Waals surface area contributed by atoms with E-state index in [-0.39, 0.29) is 12.1 Å². The summed E-state index contributed by atoms with van der Waals surface area (Å²) in [6.07, 6.45) is 4.95. The number of rotatable bonds is 7. The number of nitrogens with one attached hydrogen (secondary N) is 2. The van der Waals surface area contributed by atoms with Crippen LogP contribution in [0.1, 0.15) is 41.3 Å². The van der Waals surface area contributed by atoms with Gasteiger partial charge in [-0.2, -0.15) is 0 Å². The molecule has 1 aromatic heterocycles. The van der Waals surface area contributed by atoms with Crippen molar-refractivity contribution in [2.75, 3.05) is 26.2 Å². The van der Waals surface area contributed by atoms with Gasteiger partial charge in [-0.05, 0) is 69.5 Å². The highest BCUT2D eigenvalue weighted by Gasteiger charge is 2.25. The number of amides is 2. The zero-order valence-corrected chi connectivity index (χ0v) is 15.8. The van der Waals surface area contributed by atoms with Crippen LogP contribution in [-0.4, -0.2) is 37.1 Å². The average molecular weight is 355 g/mol. The van der Waals surface area contributed by atoms with Crippen molar-refractivity contribution in [1.82, 2.24) is 15.5 Å². The number of likely N-dealkylation sites (tertiary alicyclic amines) is 1. The molecule has 2 amide bonds. The van der Waals surface area contributed by atoms with Gasteiger partial charge in [-0.15, -0.1) is 0 Å². The molecule has 5 heteroatoms. The molecule has 1 saturated heterocycles. The Morgan fingerprint density at radius 2 is 2.00 bits per heavy atom. The smallest absolute Gasteiger partial charge is 0.314 e. The van der Waals surface area contributed by atoms with Crippen LogP contribution in [0.15, 0.2) is 41.0 Å². The summed E-state index contributed by atoms with van der Waals surface area (Å²) >= 11 is 0. The molecule has 26 heavy (non-hydrogen) atoms. The van der Waals surface area contributed by atoms with Gasteiger partial charge in [-0.3, -0.25) is 4.90 Å². The molecule has 0 aliphatic carbocycles. The fourth-order valence-electron chi connectivity index (χ4n) is 3.63. The third-order valence-corrected chi connectivity index (χ3v) is 5.09. The van der Waals surface area contributed by atoms with Gasteiger partial charge in [0, 0.05) is 13.1 Å². The van der Waals surface area contributed by atoms with Gasteiger partial charge in [0.05, 0.1) is 12.3 Å². The predicted molar refractivity (Wildman–Crippen MR) is 103 cm³/mol. The van der Waals surface area contributed by atoms with Crippen LogP contribution < -0.4 is 10.6 Å². The molecule has 0 saturated carbocycles. The minimum atomic E-state index is -0.120. The Hall–Kier alpha value is -2.27. The van der Waals surface area contributed by atoms with E-state index in [1.54, 1.807) is 6.26 Å². The van der Waals surface area contributed by atoms with Gasteiger partial charge in [0.1, 0.15) is 5.76 Å². The Bertz CT molecular complexity index is 706. The third kappa shape index (κ3) is 4.88. The van der Waals surface area contributed by atoms with Gasteiger partial charge in [-0.1, -0.05) is 23.8 Å². The van der Waals surface area contributed by atoms with Crippen LogP contribution in [-0.2, 0) is 6.42 Å². The lowest BCUT2D eigenvalue weighted by Crippen LogP contribution is -2.42. The van der Waals surface area contributed by atoms with Crippen LogP contribution >= 0.6 is 0 Å². The van der Waals surface area contributed by atoms with E-state index in [1.807, 2.05) is 12.1 Å². The average Bonchev–Trinajstić information content (AvgIpc) is 3.31. The Morgan fingerprint density at radius 1 is 1.19 bits per heavy atom. The van der Waals surface area contributed by atoms with E-state index in [0.29, 0.717) is 13.1 Å². The summed E-state index contributed by atoms with van der Waals surface area (Å²) < 4.78 is 5.59. The molecule has 5 nitrogen and oxygen atoms in total. The van der Waals surface area contributed by atoms with Crippen LogP contribution in [0, 0.1) is 13.8 Å². The minimum Gasteiger partial charge on any atom is -0.468 e. The van der Waals surface area contributed by atoms with Crippen molar-refractivity contribution in [2.24, 2.45) is 0 Å². The van der Waals surface area contributed by atoms with Crippen LogP contribution in [0.2, 0.25) is 0 Å². The van der Waals surface area contributed by atoms with Crippen LogP contribution in [0.3, 0.4) is 0 Å². The molecule has 0 spiro atoms. The number of hydrogen-bond donors (Lipinski definition) is 2. The van der Waals surface area contributed by atoms with E-state index >= 15 is 0 Å². The monoisotopic (exact) mass is 355 g/mol. The SMILES string of the molecule is Cc1ccc(CCNC(=O)NCC(c2ccco2)N2CCCC2)c(C)c1. The number of furan rings is 1. The van der Waals surface area contributed by atoms with Crippen molar-refractivity contribution < 1.29 is 9.21 Å². The van der Waals surface area contributed by atoms with Crippen molar-refractivity contribution >= 4 is 6.03 Å². The highest BCUT2D eigenvalue weighted by molar-refractivity contribution is 5.73. The molecule has 140 valence electrons. The van der Waals surface area contributed by atoms with Gasteiger partial charge in [0.25, 0.3) is 0 Å². The van der Waals surface area contributed by atoms with Crippen LogP contribution in [0.4, 0.5) is 4.79 Å². The van der Waals surface area contributed by atoms with Crippen molar-refractivity contribution in [3.8, 4) is 0 Å². The zero-order chi connectivity index (χ0) is 18.4. The van der Waals surface area contributed by atoms with E-state index < -0.39 is 0 Å². The first-order valence-corrected chi connectivity index (χ1v) is 9.49. The molecule has 1 aliphatic rings. The molecule has 2 N–H and O–H groups in total. The number of aryl methyl sites for hydroxylation is 2. The fourth-order valence-corrected chi connectivity index (χ4v) is 3.63. The van der Waals surface area contributed by atoms with Gasteiger partial charge in [0.2, 0.25) is 0 Å². The van der Waals surface area contributed by atoms with E-state index in [0.717, 1.165) is 25.3 Å². The summed E-state index contributed by atoms with van der Waals surface area (Å²) in [7, 11) is 0. The quantitative estimate of drug-likeness (QED) is 0.798. The molecule has 1 aliphatic heterocycles. The predicted octanol–water partition coefficient (Wildman–Crippen LogP) is 3.58. The Kier molecular flexibility index (Phi) is 6.34. The maximum absolute atomic E-state index is 12.2. The molecule has 2 heterocycles. The lowest BCUT2D eigenvalue weighted by Gasteiger charge is -2.26. The van der Waals surface area contributed by atoms with Gasteiger partial charge in [0.15, 0.2) is 0 Å². The number of benzene rings is 1. The fraction of sp³-hybridized carbons (Fsp3) is 0.476. The van der Waals surface area contributed by atoms with Crippen molar-refractivity contribution in [2.45, 2.75) is 39.2 Å². The highest BCUT2D eigenvalue weighted by atomic mass is 16.3. The molecule has 1 fully saturated rings. The molecule has 0 radical (unpaired) electrons. The van der Waals surface area contributed by atoms with E-state index in [1.165, 1.54) is 29.5 Å². The number of carbonyl (C=O) groups is 1. The molecule has 2 aromatic rings. The minimum absolute atomic E-state index is 0.109. The van der Waals surface area contributed by atoms with Gasteiger partial charge < -0.3 is 15.1 Å². The second-order valence-electron chi connectivity index (χ2n) is 7.09. The normalized spacial score (nSPS) is 15.8. The molecule has 1 atom stereocenters. The summed E-state index contributed by atoms with van der Waals surface area (Å²) in [5.41, 5.74) is 3.82. The van der Waals surface area contributed by atoms with Crippen molar-refractivity contribution in [3.63, 3.8) is 0 Å². The first-order chi connectivity index (χ1) is 12.6. The third-order valence-electron chi connectivity index (χ3n) is 5.09. The second kappa shape index (κ2) is 8.90. The zero-order valence-electron chi connectivity index (χ0n) is 15.8. The molecule has 0 bridgehead atoms. The first kappa shape index (κ1) is 18.5. The topological polar surface area (TPSA) is 57.5 Å². The number of hydrogen-bond acceptors (Lipinski definition) is 3. The first-order valence-electron chi connectivity index (χ1n) is 9.49. The van der Waals surface area contributed by atoms with E-state index in [2.05, 4.69) is 47.6 Å². The lowest BCUT2D eigenvalue weighted by atomic mass is 10.0. The summed E-state index contributed by atoms with van der Waals surface area (Å²) in [4.78, 5) is 14.6. The molecular formula is C21H29N3O2. The largest absolute Gasteiger partial charge is 0.468 e. The standard InChI is InChI=1S/C21H29N3O2/c1-16-7-8-18(17(2)14-16)9-10-22-21(25)23-15-19(20-6-5-13-26-20)24-11-3-4-12-24/h5-8,13-14,19H,3-4,9-12,15H2,1-2H3,(H2,22,23,25). The van der Waals surface area contributed by atoms with Crippen molar-refractivity contribution in [1.29, 1.82) is 0 Å². The lowest BCUT2D eigenvalue weighted by molar-refractivity contribution is 0.203. The molecule has 3 rings (SSSR count). The van der Waals surface area contributed by atoms with Crippen LogP contribution in [0.25, 0.3) is 0 Å². The summed E-state index contributed by atoms with van der Waals surface area (Å²) in [6.45, 7) is 7.52. The summed E-state index contributed by atoms with van der Waals surface area (Å²) in [5, 5.41) is 5.97. The van der Waals surface area contributed by atoms with Gasteiger partial charge in [-0.25, -0.2) is 4.79 Å². The molecule has 1 aromatic carbocycles. The number of urea groups is 1. The maximum atomic E-state index is 12.2. The number of nitrogens with zero attached hydrogens (tertiary/aromatic N) is 1. The Balaban J connectivity index is 1.46. The summed E-state index contributed by atoms with van der Waals surface area (Å²) in [5.74, 6) is 0.919. The van der Waals surface area contributed by atoms with E-state index in [4.69, 9.17) is 4.42 Å². The molecular weight excluding hydrogens is 326 g/mol. The van der Waals surface area contributed by atoms with E-state index in [9.17, 15) is 4.79 Å². The molecule has 1 unspecified atom stereocenters. The number of carbonyl (C=O) groups excluding carboxylic acids is 1. The van der Waals surface area contributed by atoms with Crippen molar-refractivity contribution in [3.05, 3.63) is 59.0 Å². The second-order valence-corrected chi connectivity index (χ2v) is 7.09. The van der Waals surface area contributed by atoms with Gasteiger partial charge >= 0.3 is 6.03 Å². The van der Waals surface area contributed by atoms with Crippen LogP contribution in [0.5, 0.6) is 0 Å². The maximum Gasteiger partial charge on any atom is 0.314 e. The Morgan fingerprint density at radius 3 is 2.69 bits per heavy atom. The Labute approximate surface area is 155 Å². The summed E-state index contributed by atoms with van der Waals surface area (Å²) in [6, 6.07) is 10.3.